The van der Waals surface area contributed by atoms with Gasteiger partial charge in [-0.05, 0) is 6.07 Å². The highest BCUT2D eigenvalue weighted by Crippen LogP contribution is 2.35. The van der Waals surface area contributed by atoms with Crippen LogP contribution in [-0.4, -0.2) is 36.1 Å². The fraction of sp³-hybridized carbons (Fsp3) is 0.143. The van der Waals surface area contributed by atoms with Gasteiger partial charge in [-0.15, -0.1) is 0 Å². The number of hydrogen-bond donors (Lipinski definition) is 3. The highest BCUT2D eigenvalue weighted by Gasteiger charge is 2.35. The molecule has 1 amide bonds. The van der Waals surface area contributed by atoms with Gasteiger partial charge in [-0.1, -0.05) is 29.5 Å². The molecule has 130 valence electrons. The number of amides is 1. The average molecular weight is 380 g/mol. The molecule has 1 aliphatic rings. The van der Waals surface area contributed by atoms with Crippen molar-refractivity contribution in [2.24, 2.45) is 4.99 Å². The Morgan fingerprint density at radius 1 is 1.28 bits per heavy atom. The number of fused-ring (bicyclic) bond motifs is 1. The number of nitrogens with zero attached hydrogens (tertiary/aromatic N) is 2. The molecule has 2 aromatic rings. The van der Waals surface area contributed by atoms with Crippen molar-refractivity contribution >= 4 is 49.8 Å². The Bertz CT molecular complexity index is 996. The molecule has 25 heavy (non-hydrogen) atoms. The molecule has 1 unspecified atom stereocenters. The summed E-state index contributed by atoms with van der Waals surface area (Å²) in [7, 11) is -4.06. The normalized spacial score (nSPS) is 16.2. The van der Waals surface area contributed by atoms with Crippen LogP contribution in [0.4, 0.5) is 10.8 Å². The van der Waals surface area contributed by atoms with E-state index in [0.29, 0.717) is 11.3 Å². The monoisotopic (exact) mass is 380 g/mol. The lowest BCUT2D eigenvalue weighted by Crippen LogP contribution is -2.35. The second-order valence-electron chi connectivity index (χ2n) is 5.08. The van der Waals surface area contributed by atoms with Crippen LogP contribution in [0.15, 0.2) is 39.7 Å². The summed E-state index contributed by atoms with van der Waals surface area (Å²) in [5, 5.41) is 11.8. The third kappa shape index (κ3) is 3.43. The molecule has 0 saturated carbocycles. The van der Waals surface area contributed by atoms with Gasteiger partial charge in [0.15, 0.2) is 9.34 Å². The van der Waals surface area contributed by atoms with Crippen molar-refractivity contribution in [3.63, 3.8) is 0 Å². The molecule has 0 saturated heterocycles. The average Bonchev–Trinajstić information content (AvgIpc) is 3.12. The number of nitrogens with one attached hydrogen (secondary N) is 2. The first-order valence-electron chi connectivity index (χ1n) is 6.94. The van der Waals surface area contributed by atoms with Crippen LogP contribution >= 0.6 is 11.3 Å². The molecule has 0 bridgehead atoms. The van der Waals surface area contributed by atoms with Crippen molar-refractivity contribution in [2.45, 2.75) is 17.2 Å². The fourth-order valence-corrected chi connectivity index (χ4v) is 4.54. The molecular weight excluding hydrogens is 368 g/mol. The number of rotatable bonds is 5. The van der Waals surface area contributed by atoms with Gasteiger partial charge in [0, 0.05) is 12.5 Å². The largest absolute Gasteiger partial charge is 0.477 e. The zero-order valence-corrected chi connectivity index (χ0v) is 14.4. The van der Waals surface area contributed by atoms with Gasteiger partial charge in [0.1, 0.15) is 5.71 Å². The Kier molecular flexibility index (Phi) is 4.37. The zero-order chi connectivity index (χ0) is 18.2. The minimum atomic E-state index is -4.06. The maximum Gasteiger partial charge on any atom is 0.352 e. The van der Waals surface area contributed by atoms with Crippen molar-refractivity contribution in [1.82, 2.24) is 9.71 Å². The molecule has 1 aliphatic heterocycles. The molecule has 0 spiro atoms. The molecule has 2 heterocycles. The number of hydrogen-bond acceptors (Lipinski definition) is 7. The van der Waals surface area contributed by atoms with Crippen LogP contribution in [0.2, 0.25) is 0 Å². The molecule has 0 fully saturated rings. The van der Waals surface area contributed by atoms with Crippen LogP contribution in [0.1, 0.15) is 18.5 Å². The molecule has 11 heteroatoms. The lowest BCUT2D eigenvalue weighted by Gasteiger charge is -2.14. The predicted octanol–water partition coefficient (Wildman–Crippen LogP) is 1.29. The van der Waals surface area contributed by atoms with Crippen LogP contribution in [-0.2, 0) is 19.6 Å². The van der Waals surface area contributed by atoms with Crippen LogP contribution in [0.5, 0.6) is 0 Å². The summed E-state index contributed by atoms with van der Waals surface area (Å²) in [5.41, 5.74) is 0.544. The molecule has 3 N–H and O–H groups in total. The standard InChI is InChI=1S/C14H12N4O5S2/c1-7(19)16-14-15-6-10(24-14)25(22,23)18-11-8-4-2-3-5-9(8)17-12(11)13(20)21/h2-6,11,18H,1H3,(H,20,21)(H,15,16,19). The van der Waals surface area contributed by atoms with E-state index in [2.05, 4.69) is 20.0 Å². The van der Waals surface area contributed by atoms with E-state index in [-0.39, 0.29) is 21.0 Å². The Morgan fingerprint density at radius 3 is 2.68 bits per heavy atom. The lowest BCUT2D eigenvalue weighted by atomic mass is 10.1. The summed E-state index contributed by atoms with van der Waals surface area (Å²) in [5.74, 6) is -1.69. The predicted molar refractivity (Wildman–Crippen MR) is 90.7 cm³/mol. The number of aromatic nitrogens is 1. The van der Waals surface area contributed by atoms with Crippen molar-refractivity contribution in [3.8, 4) is 0 Å². The Balaban J connectivity index is 1.92. The first-order valence-corrected chi connectivity index (χ1v) is 9.24. The number of carboxylic acids is 1. The SMILES string of the molecule is CC(=O)Nc1ncc(S(=O)(=O)NC2C(C(=O)O)=Nc3ccccc32)s1. The van der Waals surface area contributed by atoms with Gasteiger partial charge < -0.3 is 10.4 Å². The van der Waals surface area contributed by atoms with Crippen LogP contribution in [0.3, 0.4) is 0 Å². The van der Waals surface area contributed by atoms with E-state index >= 15 is 0 Å². The van der Waals surface area contributed by atoms with Crippen molar-refractivity contribution in [3.05, 3.63) is 36.0 Å². The zero-order valence-electron chi connectivity index (χ0n) is 12.8. The molecule has 3 rings (SSSR count). The second kappa shape index (κ2) is 6.35. The Hall–Kier alpha value is -2.63. The van der Waals surface area contributed by atoms with Crippen molar-refractivity contribution < 1.29 is 23.1 Å². The van der Waals surface area contributed by atoms with Gasteiger partial charge >= 0.3 is 5.97 Å². The van der Waals surface area contributed by atoms with E-state index in [1.54, 1.807) is 24.3 Å². The smallest absolute Gasteiger partial charge is 0.352 e. The minimum absolute atomic E-state index is 0.131. The lowest BCUT2D eigenvalue weighted by molar-refractivity contribution is -0.129. The first kappa shape index (κ1) is 17.2. The van der Waals surface area contributed by atoms with Crippen molar-refractivity contribution in [2.75, 3.05) is 5.32 Å². The minimum Gasteiger partial charge on any atom is -0.477 e. The number of benzene rings is 1. The molecule has 1 aromatic carbocycles. The van der Waals surface area contributed by atoms with Gasteiger partial charge in [-0.3, -0.25) is 4.79 Å². The van der Waals surface area contributed by atoms with Gasteiger partial charge in [0.25, 0.3) is 10.0 Å². The number of carbonyl (C=O) groups excluding carboxylic acids is 1. The van der Waals surface area contributed by atoms with Gasteiger partial charge in [-0.25, -0.2) is 23.2 Å². The van der Waals surface area contributed by atoms with E-state index in [4.69, 9.17) is 0 Å². The molecule has 1 aromatic heterocycles. The number of aliphatic imine (C=N–C) groups is 1. The second-order valence-corrected chi connectivity index (χ2v) is 8.05. The topological polar surface area (TPSA) is 138 Å². The fourth-order valence-electron chi connectivity index (χ4n) is 2.27. The Morgan fingerprint density at radius 2 is 2.00 bits per heavy atom. The number of sulfonamides is 1. The summed E-state index contributed by atoms with van der Waals surface area (Å²) in [6, 6.07) is 5.46. The van der Waals surface area contributed by atoms with Gasteiger partial charge in [0.2, 0.25) is 5.91 Å². The summed E-state index contributed by atoms with van der Waals surface area (Å²) in [6.45, 7) is 1.28. The van der Waals surface area contributed by atoms with E-state index in [0.717, 1.165) is 17.5 Å². The highest BCUT2D eigenvalue weighted by molar-refractivity contribution is 7.91. The first-order chi connectivity index (χ1) is 11.8. The number of carbonyl (C=O) groups is 2. The third-order valence-corrected chi connectivity index (χ3v) is 6.08. The summed E-state index contributed by atoms with van der Waals surface area (Å²) in [6.07, 6.45) is 1.09. The Labute approximate surface area is 146 Å². The van der Waals surface area contributed by atoms with Crippen LogP contribution in [0, 0.1) is 0 Å². The molecule has 0 radical (unpaired) electrons. The number of anilines is 1. The van der Waals surface area contributed by atoms with Gasteiger partial charge in [-0.2, -0.15) is 4.72 Å². The summed E-state index contributed by atoms with van der Waals surface area (Å²) >= 11 is 0.762. The van der Waals surface area contributed by atoms with Gasteiger partial charge in [0.05, 0.1) is 17.9 Å². The number of thiazole rings is 1. The molecule has 0 aliphatic carbocycles. The van der Waals surface area contributed by atoms with Crippen molar-refractivity contribution in [1.29, 1.82) is 0 Å². The van der Waals surface area contributed by atoms with E-state index in [9.17, 15) is 23.1 Å². The molecular formula is C14H12N4O5S2. The number of carboxylic acid groups (broad SMARTS) is 1. The highest BCUT2D eigenvalue weighted by atomic mass is 32.2. The summed E-state index contributed by atoms with van der Waals surface area (Å²) < 4.78 is 27.3. The quantitative estimate of drug-likeness (QED) is 0.715. The molecule has 1 atom stereocenters. The maximum atomic E-state index is 12.6. The third-order valence-electron chi connectivity index (χ3n) is 3.29. The maximum absolute atomic E-state index is 12.6. The van der Waals surface area contributed by atoms with Crippen LogP contribution in [0.25, 0.3) is 0 Å². The summed E-state index contributed by atoms with van der Waals surface area (Å²) in [4.78, 5) is 30.2. The van der Waals surface area contributed by atoms with Crippen LogP contribution < -0.4 is 10.0 Å². The van der Waals surface area contributed by atoms with E-state index in [1.165, 1.54) is 6.92 Å². The number of para-hydroxylation sites is 1. The van der Waals surface area contributed by atoms with E-state index < -0.39 is 22.0 Å². The van der Waals surface area contributed by atoms with E-state index in [1.807, 2.05) is 0 Å². The number of aliphatic carboxylic acids is 1. The molecule has 9 nitrogen and oxygen atoms in total.